The van der Waals surface area contributed by atoms with Gasteiger partial charge in [-0.3, -0.25) is 4.98 Å². The van der Waals surface area contributed by atoms with Crippen LogP contribution in [0.15, 0.2) is 30.6 Å². The predicted octanol–water partition coefficient (Wildman–Crippen LogP) is 2.86. The van der Waals surface area contributed by atoms with Gasteiger partial charge in [-0.05, 0) is 30.5 Å². The van der Waals surface area contributed by atoms with Gasteiger partial charge in [-0.15, -0.1) is 0 Å². The summed E-state index contributed by atoms with van der Waals surface area (Å²) >= 11 is 0. The maximum absolute atomic E-state index is 4.47. The summed E-state index contributed by atoms with van der Waals surface area (Å²) in [7, 11) is 0. The summed E-state index contributed by atoms with van der Waals surface area (Å²) in [5.41, 5.74) is 2.12. The van der Waals surface area contributed by atoms with Crippen molar-refractivity contribution in [2.45, 2.75) is 27.3 Å². The van der Waals surface area contributed by atoms with Crippen molar-refractivity contribution in [3.05, 3.63) is 41.9 Å². The van der Waals surface area contributed by atoms with Crippen molar-refractivity contribution in [1.82, 2.24) is 15.0 Å². The van der Waals surface area contributed by atoms with E-state index in [4.69, 9.17) is 0 Å². The molecule has 2 aromatic rings. The number of aromatic nitrogens is 3. The normalized spacial score (nSPS) is 10.6. The predicted molar refractivity (Wildman–Crippen MR) is 81.7 cm³/mol. The Morgan fingerprint density at radius 1 is 1.10 bits per heavy atom. The number of nitrogens with one attached hydrogen (secondary N) is 2. The van der Waals surface area contributed by atoms with Gasteiger partial charge in [-0.1, -0.05) is 13.8 Å². The first-order valence-electron chi connectivity index (χ1n) is 6.86. The lowest BCUT2D eigenvalue weighted by atomic mass is 10.2. The van der Waals surface area contributed by atoms with E-state index in [1.165, 1.54) is 5.56 Å². The maximum Gasteiger partial charge on any atom is 0.224 e. The van der Waals surface area contributed by atoms with E-state index in [0.717, 1.165) is 24.6 Å². The fourth-order valence-corrected chi connectivity index (χ4v) is 1.73. The van der Waals surface area contributed by atoms with Crippen molar-refractivity contribution in [2.24, 2.45) is 5.92 Å². The summed E-state index contributed by atoms with van der Waals surface area (Å²) in [6, 6.07) is 5.92. The third-order valence-electron chi connectivity index (χ3n) is 2.75. The van der Waals surface area contributed by atoms with Gasteiger partial charge in [0.2, 0.25) is 5.95 Å². The lowest BCUT2D eigenvalue weighted by molar-refractivity contribution is 0.684. The van der Waals surface area contributed by atoms with Gasteiger partial charge in [0.05, 0.1) is 0 Å². The van der Waals surface area contributed by atoms with Crippen LogP contribution in [0.25, 0.3) is 0 Å². The Labute approximate surface area is 119 Å². The summed E-state index contributed by atoms with van der Waals surface area (Å²) in [6.07, 6.45) is 3.58. The summed E-state index contributed by atoms with van der Waals surface area (Å²) < 4.78 is 0. The van der Waals surface area contributed by atoms with Gasteiger partial charge in [-0.2, -0.15) is 4.98 Å². The molecule has 5 nitrogen and oxygen atoms in total. The standard InChI is InChI=1S/C15H21N5/c1-11(2)9-18-15-19-12(3)8-14(20-15)17-10-13-4-6-16-7-5-13/h4-8,11H,9-10H2,1-3H3,(H2,17,18,19,20). The number of nitrogens with zero attached hydrogens (tertiary/aromatic N) is 3. The molecule has 0 amide bonds. The Balaban J connectivity index is 2.00. The Hall–Kier alpha value is -2.17. The topological polar surface area (TPSA) is 62.7 Å². The second-order valence-corrected chi connectivity index (χ2v) is 5.20. The van der Waals surface area contributed by atoms with Gasteiger partial charge in [0.15, 0.2) is 0 Å². The average molecular weight is 271 g/mol. The monoisotopic (exact) mass is 271 g/mol. The van der Waals surface area contributed by atoms with Crippen LogP contribution in [0, 0.1) is 12.8 Å². The molecule has 0 aliphatic heterocycles. The number of hydrogen-bond donors (Lipinski definition) is 2. The van der Waals surface area contributed by atoms with Gasteiger partial charge in [0.1, 0.15) is 5.82 Å². The number of aryl methyl sites for hydroxylation is 1. The SMILES string of the molecule is Cc1cc(NCc2ccncc2)nc(NCC(C)C)n1. The van der Waals surface area contributed by atoms with Crippen LogP contribution < -0.4 is 10.6 Å². The highest BCUT2D eigenvalue weighted by molar-refractivity contribution is 5.42. The zero-order chi connectivity index (χ0) is 14.4. The van der Waals surface area contributed by atoms with Gasteiger partial charge >= 0.3 is 0 Å². The fourth-order valence-electron chi connectivity index (χ4n) is 1.73. The highest BCUT2D eigenvalue weighted by Crippen LogP contribution is 2.11. The Morgan fingerprint density at radius 3 is 2.55 bits per heavy atom. The molecule has 2 N–H and O–H groups in total. The molecule has 0 aromatic carbocycles. The minimum Gasteiger partial charge on any atom is -0.366 e. The number of pyridine rings is 1. The third-order valence-corrected chi connectivity index (χ3v) is 2.75. The second-order valence-electron chi connectivity index (χ2n) is 5.20. The first-order chi connectivity index (χ1) is 9.63. The molecule has 20 heavy (non-hydrogen) atoms. The van der Waals surface area contributed by atoms with Crippen LogP contribution in [0.2, 0.25) is 0 Å². The molecule has 0 atom stereocenters. The molecule has 0 aliphatic rings. The number of rotatable bonds is 6. The zero-order valence-corrected chi connectivity index (χ0v) is 12.2. The zero-order valence-electron chi connectivity index (χ0n) is 12.2. The maximum atomic E-state index is 4.47. The molecular formula is C15H21N5. The van der Waals surface area contributed by atoms with E-state index in [0.29, 0.717) is 11.9 Å². The van der Waals surface area contributed by atoms with Gasteiger partial charge < -0.3 is 10.6 Å². The van der Waals surface area contributed by atoms with Crippen LogP contribution in [-0.4, -0.2) is 21.5 Å². The van der Waals surface area contributed by atoms with E-state index in [1.54, 1.807) is 12.4 Å². The summed E-state index contributed by atoms with van der Waals surface area (Å²) in [4.78, 5) is 12.9. The molecular weight excluding hydrogens is 250 g/mol. The molecule has 0 fully saturated rings. The van der Waals surface area contributed by atoms with Crippen molar-refractivity contribution in [3.63, 3.8) is 0 Å². The Morgan fingerprint density at radius 2 is 1.85 bits per heavy atom. The van der Waals surface area contributed by atoms with Gasteiger partial charge in [-0.25, -0.2) is 4.98 Å². The van der Waals surface area contributed by atoms with Crippen molar-refractivity contribution >= 4 is 11.8 Å². The molecule has 0 unspecified atom stereocenters. The molecule has 2 aromatic heterocycles. The van der Waals surface area contributed by atoms with Crippen LogP contribution >= 0.6 is 0 Å². The molecule has 5 heteroatoms. The Kier molecular flexibility index (Phi) is 4.87. The average Bonchev–Trinajstić information content (AvgIpc) is 2.44. The van der Waals surface area contributed by atoms with E-state index in [-0.39, 0.29) is 0 Å². The quantitative estimate of drug-likeness (QED) is 0.846. The van der Waals surface area contributed by atoms with E-state index in [9.17, 15) is 0 Å². The minimum absolute atomic E-state index is 0.562. The van der Waals surface area contributed by atoms with Crippen LogP contribution in [-0.2, 0) is 6.54 Å². The highest BCUT2D eigenvalue weighted by atomic mass is 15.1. The van der Waals surface area contributed by atoms with E-state index in [2.05, 4.69) is 39.4 Å². The molecule has 2 rings (SSSR count). The van der Waals surface area contributed by atoms with Crippen LogP contribution in [0.3, 0.4) is 0 Å². The number of hydrogen-bond acceptors (Lipinski definition) is 5. The molecule has 0 aliphatic carbocycles. The van der Waals surface area contributed by atoms with Crippen molar-refractivity contribution < 1.29 is 0 Å². The van der Waals surface area contributed by atoms with Crippen molar-refractivity contribution in [2.75, 3.05) is 17.2 Å². The van der Waals surface area contributed by atoms with Crippen molar-refractivity contribution in [1.29, 1.82) is 0 Å². The molecule has 0 bridgehead atoms. The van der Waals surface area contributed by atoms with Crippen LogP contribution in [0.4, 0.5) is 11.8 Å². The molecule has 0 radical (unpaired) electrons. The first-order valence-corrected chi connectivity index (χ1v) is 6.86. The van der Waals surface area contributed by atoms with E-state index in [1.807, 2.05) is 25.1 Å². The lowest BCUT2D eigenvalue weighted by Gasteiger charge is -2.11. The fraction of sp³-hybridized carbons (Fsp3) is 0.400. The van der Waals surface area contributed by atoms with Gasteiger partial charge in [0.25, 0.3) is 0 Å². The van der Waals surface area contributed by atoms with Gasteiger partial charge in [0, 0.05) is 37.2 Å². The van der Waals surface area contributed by atoms with Crippen LogP contribution in [0.1, 0.15) is 25.1 Å². The summed E-state index contributed by atoms with van der Waals surface area (Å²) in [5, 5.41) is 6.56. The Bertz CT molecular complexity index is 539. The third kappa shape index (κ3) is 4.50. The summed E-state index contributed by atoms with van der Waals surface area (Å²) in [5.74, 6) is 2.07. The highest BCUT2D eigenvalue weighted by Gasteiger charge is 2.03. The largest absolute Gasteiger partial charge is 0.366 e. The molecule has 0 spiro atoms. The van der Waals surface area contributed by atoms with Crippen molar-refractivity contribution in [3.8, 4) is 0 Å². The second kappa shape index (κ2) is 6.84. The first kappa shape index (κ1) is 14.2. The van der Waals surface area contributed by atoms with E-state index >= 15 is 0 Å². The number of anilines is 2. The molecule has 2 heterocycles. The lowest BCUT2D eigenvalue weighted by Crippen LogP contribution is -2.12. The molecule has 106 valence electrons. The molecule has 0 saturated heterocycles. The smallest absolute Gasteiger partial charge is 0.224 e. The molecule has 0 saturated carbocycles. The summed E-state index contributed by atoms with van der Waals surface area (Å²) in [6.45, 7) is 7.88. The van der Waals surface area contributed by atoms with Crippen LogP contribution in [0.5, 0.6) is 0 Å². The minimum atomic E-state index is 0.562. The van der Waals surface area contributed by atoms with E-state index < -0.39 is 0 Å².